The molecule has 118 valence electrons. The average molecular weight is 294 g/mol. The van der Waals surface area contributed by atoms with Crippen molar-refractivity contribution >= 4 is 5.91 Å². The summed E-state index contributed by atoms with van der Waals surface area (Å²) in [5.74, 6) is 1.16. The molecule has 0 bridgehead atoms. The Labute approximate surface area is 126 Å². The third kappa shape index (κ3) is 4.30. The normalized spacial score (nSPS) is 23.8. The zero-order chi connectivity index (χ0) is 15.4. The lowest BCUT2D eigenvalue weighted by Gasteiger charge is -2.26. The van der Waals surface area contributed by atoms with E-state index in [0.29, 0.717) is 18.9 Å². The molecule has 1 aliphatic rings. The summed E-state index contributed by atoms with van der Waals surface area (Å²) in [6.07, 6.45) is 4.30. The second-order valence-electron chi connectivity index (χ2n) is 6.34. The van der Waals surface area contributed by atoms with E-state index in [2.05, 4.69) is 10.5 Å². The van der Waals surface area contributed by atoms with Gasteiger partial charge in [0.15, 0.2) is 0 Å². The first-order valence-electron chi connectivity index (χ1n) is 7.85. The molecule has 0 aromatic carbocycles. The van der Waals surface area contributed by atoms with Crippen LogP contribution in [0.3, 0.4) is 0 Å². The highest BCUT2D eigenvalue weighted by molar-refractivity contribution is 5.78. The van der Waals surface area contributed by atoms with E-state index in [1.54, 1.807) is 0 Å². The summed E-state index contributed by atoms with van der Waals surface area (Å²) >= 11 is 0. The number of rotatable bonds is 5. The predicted molar refractivity (Wildman–Crippen MR) is 79.8 cm³/mol. The number of nitrogens with zero attached hydrogens (tertiary/aromatic N) is 1. The Balaban J connectivity index is 1.80. The number of aryl methyl sites for hydroxylation is 2. The van der Waals surface area contributed by atoms with Crippen LogP contribution in [0.5, 0.6) is 0 Å². The first kappa shape index (κ1) is 16.0. The summed E-state index contributed by atoms with van der Waals surface area (Å²) in [5.41, 5.74) is 1.90. The van der Waals surface area contributed by atoms with Crippen molar-refractivity contribution in [3.05, 3.63) is 17.0 Å². The Hall–Kier alpha value is -1.36. The minimum atomic E-state index is -0.194. The van der Waals surface area contributed by atoms with Gasteiger partial charge in [-0.25, -0.2) is 0 Å². The van der Waals surface area contributed by atoms with Crippen LogP contribution < -0.4 is 5.32 Å². The maximum atomic E-state index is 12.2. The summed E-state index contributed by atoms with van der Waals surface area (Å²) < 4.78 is 5.13. The molecule has 1 amide bonds. The van der Waals surface area contributed by atoms with Crippen molar-refractivity contribution in [3.8, 4) is 0 Å². The Kier molecular flexibility index (Phi) is 5.39. The number of carbonyl (C=O) groups excluding carboxylic acids is 1. The number of nitrogens with one attached hydrogen (secondary N) is 1. The van der Waals surface area contributed by atoms with E-state index < -0.39 is 0 Å². The molecule has 0 aliphatic heterocycles. The van der Waals surface area contributed by atoms with Gasteiger partial charge in [0.25, 0.3) is 0 Å². The van der Waals surface area contributed by atoms with Gasteiger partial charge in [-0.05, 0) is 45.4 Å². The van der Waals surface area contributed by atoms with Crippen LogP contribution in [0, 0.1) is 25.7 Å². The largest absolute Gasteiger partial charge is 0.393 e. The van der Waals surface area contributed by atoms with Crippen molar-refractivity contribution in [1.82, 2.24) is 10.5 Å². The van der Waals surface area contributed by atoms with Gasteiger partial charge in [-0.15, -0.1) is 0 Å². The molecule has 1 saturated carbocycles. The van der Waals surface area contributed by atoms with Crippen LogP contribution in [0.2, 0.25) is 0 Å². The van der Waals surface area contributed by atoms with Crippen molar-refractivity contribution in [2.45, 2.75) is 59.0 Å². The standard InChI is InChI=1S/C16H26N2O3/c1-10(7-15-11(2)18-21-12(15)3)16(20)17-9-13-5-4-6-14(19)8-13/h10,13-14,19H,4-9H2,1-3H3,(H,17,20). The highest BCUT2D eigenvalue weighted by atomic mass is 16.5. The zero-order valence-electron chi connectivity index (χ0n) is 13.2. The van der Waals surface area contributed by atoms with E-state index >= 15 is 0 Å². The Morgan fingerprint density at radius 2 is 2.24 bits per heavy atom. The van der Waals surface area contributed by atoms with Crippen molar-refractivity contribution < 1.29 is 14.4 Å². The molecule has 5 nitrogen and oxygen atoms in total. The van der Waals surface area contributed by atoms with E-state index in [-0.39, 0.29) is 17.9 Å². The van der Waals surface area contributed by atoms with Crippen LogP contribution in [-0.2, 0) is 11.2 Å². The van der Waals surface area contributed by atoms with Gasteiger partial charge in [0.1, 0.15) is 5.76 Å². The lowest BCUT2D eigenvalue weighted by Crippen LogP contribution is -2.36. The second-order valence-corrected chi connectivity index (χ2v) is 6.34. The SMILES string of the molecule is Cc1noc(C)c1CC(C)C(=O)NCC1CCCC(O)C1. The molecule has 2 rings (SSSR count). The van der Waals surface area contributed by atoms with Crippen LogP contribution in [0.1, 0.15) is 49.6 Å². The van der Waals surface area contributed by atoms with Crippen LogP contribution in [-0.4, -0.2) is 28.8 Å². The lowest BCUT2D eigenvalue weighted by molar-refractivity contribution is -0.124. The molecule has 1 aromatic rings. The average Bonchev–Trinajstić information content (AvgIpc) is 2.76. The summed E-state index contributed by atoms with van der Waals surface area (Å²) in [4.78, 5) is 12.2. The molecule has 1 fully saturated rings. The van der Waals surface area contributed by atoms with Crippen LogP contribution in [0.4, 0.5) is 0 Å². The maximum absolute atomic E-state index is 12.2. The molecular formula is C16H26N2O3. The number of aliphatic hydroxyl groups is 1. The van der Waals surface area contributed by atoms with Crippen LogP contribution in [0.25, 0.3) is 0 Å². The molecule has 2 N–H and O–H groups in total. The number of carbonyl (C=O) groups is 1. The highest BCUT2D eigenvalue weighted by Gasteiger charge is 2.22. The zero-order valence-corrected chi connectivity index (χ0v) is 13.2. The van der Waals surface area contributed by atoms with Gasteiger partial charge in [-0.2, -0.15) is 0 Å². The van der Waals surface area contributed by atoms with Gasteiger partial charge in [0.05, 0.1) is 11.8 Å². The third-order valence-corrected chi connectivity index (χ3v) is 4.46. The molecule has 1 aromatic heterocycles. The molecule has 1 aliphatic carbocycles. The van der Waals surface area contributed by atoms with Crippen molar-refractivity contribution in [2.75, 3.05) is 6.54 Å². The summed E-state index contributed by atoms with van der Waals surface area (Å²) in [6, 6.07) is 0. The topological polar surface area (TPSA) is 75.4 Å². The first-order chi connectivity index (χ1) is 9.97. The molecule has 5 heteroatoms. The second kappa shape index (κ2) is 7.07. The van der Waals surface area contributed by atoms with E-state index in [4.69, 9.17) is 4.52 Å². The molecule has 0 spiro atoms. The minimum absolute atomic E-state index is 0.0649. The van der Waals surface area contributed by atoms with E-state index in [1.165, 1.54) is 0 Å². The highest BCUT2D eigenvalue weighted by Crippen LogP contribution is 2.23. The van der Waals surface area contributed by atoms with E-state index in [9.17, 15) is 9.90 Å². The smallest absolute Gasteiger partial charge is 0.223 e. The molecular weight excluding hydrogens is 268 g/mol. The summed E-state index contributed by atoms with van der Waals surface area (Å²) in [5, 5.41) is 16.6. The molecule has 21 heavy (non-hydrogen) atoms. The van der Waals surface area contributed by atoms with Crippen molar-refractivity contribution in [1.29, 1.82) is 0 Å². The van der Waals surface area contributed by atoms with Gasteiger partial charge in [0.2, 0.25) is 5.91 Å². The monoisotopic (exact) mass is 294 g/mol. The summed E-state index contributed by atoms with van der Waals surface area (Å²) in [7, 11) is 0. The number of aliphatic hydroxyl groups excluding tert-OH is 1. The Bertz CT molecular complexity index is 464. The summed E-state index contributed by atoms with van der Waals surface area (Å²) in [6.45, 7) is 6.38. The van der Waals surface area contributed by atoms with Gasteiger partial charge >= 0.3 is 0 Å². The van der Waals surface area contributed by atoms with Gasteiger partial charge in [0, 0.05) is 18.0 Å². The number of hydrogen-bond donors (Lipinski definition) is 2. The number of amides is 1. The quantitative estimate of drug-likeness (QED) is 0.872. The lowest BCUT2D eigenvalue weighted by atomic mass is 9.87. The minimum Gasteiger partial charge on any atom is -0.393 e. The number of hydrogen-bond acceptors (Lipinski definition) is 4. The molecule has 3 atom stereocenters. The van der Waals surface area contributed by atoms with Crippen molar-refractivity contribution in [3.63, 3.8) is 0 Å². The fraction of sp³-hybridized carbons (Fsp3) is 0.750. The fourth-order valence-electron chi connectivity index (χ4n) is 3.06. The Morgan fingerprint density at radius 1 is 1.48 bits per heavy atom. The van der Waals surface area contributed by atoms with E-state index in [1.807, 2.05) is 20.8 Å². The van der Waals surface area contributed by atoms with Crippen LogP contribution in [0.15, 0.2) is 4.52 Å². The van der Waals surface area contributed by atoms with Gasteiger partial charge < -0.3 is 14.9 Å². The first-order valence-corrected chi connectivity index (χ1v) is 7.85. The fourth-order valence-corrected chi connectivity index (χ4v) is 3.06. The van der Waals surface area contributed by atoms with Gasteiger partial charge in [-0.1, -0.05) is 18.5 Å². The number of aromatic nitrogens is 1. The molecule has 0 saturated heterocycles. The van der Waals surface area contributed by atoms with Gasteiger partial charge in [-0.3, -0.25) is 4.79 Å². The third-order valence-electron chi connectivity index (χ3n) is 4.46. The molecule has 3 unspecified atom stereocenters. The predicted octanol–water partition coefficient (Wildman–Crippen LogP) is 2.14. The molecule has 1 heterocycles. The van der Waals surface area contributed by atoms with Crippen molar-refractivity contribution in [2.24, 2.45) is 11.8 Å². The Morgan fingerprint density at radius 3 is 2.86 bits per heavy atom. The maximum Gasteiger partial charge on any atom is 0.223 e. The van der Waals surface area contributed by atoms with Crippen LogP contribution >= 0.6 is 0 Å². The molecule has 0 radical (unpaired) electrons. The van der Waals surface area contributed by atoms with E-state index in [0.717, 1.165) is 42.7 Å².